The van der Waals surface area contributed by atoms with E-state index >= 15 is 0 Å². The van der Waals surface area contributed by atoms with E-state index in [9.17, 15) is 0 Å². The van der Waals surface area contributed by atoms with Crippen molar-refractivity contribution in [1.29, 1.82) is 0 Å². The molecule has 1 aliphatic carbocycles. The predicted molar refractivity (Wildman–Crippen MR) is 98.3 cm³/mol. The molecule has 0 aromatic carbocycles. The van der Waals surface area contributed by atoms with E-state index in [4.69, 9.17) is 10.5 Å². The normalized spacial score (nSPS) is 24.5. The highest BCUT2D eigenvalue weighted by molar-refractivity contribution is 14.0. The second-order valence-corrected chi connectivity index (χ2v) is 6.55. The maximum Gasteiger partial charge on any atom is 0.188 e. The fourth-order valence-electron chi connectivity index (χ4n) is 2.76. The number of guanidine groups is 1. The molecule has 3 N–H and O–H groups in total. The SMILES string of the molecule is CC(C)CN1CCOC(CNC(N)=NCC2CCC2)C1.I. The largest absolute Gasteiger partial charge is 0.374 e. The van der Waals surface area contributed by atoms with Crippen molar-refractivity contribution in [2.45, 2.75) is 39.2 Å². The second-order valence-electron chi connectivity index (χ2n) is 6.55. The first-order valence-electron chi connectivity index (χ1n) is 8.01. The van der Waals surface area contributed by atoms with Crippen LogP contribution in [-0.2, 0) is 4.74 Å². The molecular weight excluding hydrogens is 379 g/mol. The van der Waals surface area contributed by atoms with Crippen molar-refractivity contribution in [2.75, 3.05) is 39.3 Å². The Kier molecular flexibility index (Phi) is 8.89. The Bertz CT molecular complexity index is 321. The minimum absolute atomic E-state index is 0. The highest BCUT2D eigenvalue weighted by Crippen LogP contribution is 2.26. The minimum Gasteiger partial charge on any atom is -0.374 e. The summed E-state index contributed by atoms with van der Waals surface area (Å²) in [7, 11) is 0. The number of hydrogen-bond donors (Lipinski definition) is 2. The van der Waals surface area contributed by atoms with Crippen LogP contribution >= 0.6 is 24.0 Å². The molecule has 1 atom stereocenters. The van der Waals surface area contributed by atoms with Crippen LogP contribution in [0.15, 0.2) is 4.99 Å². The van der Waals surface area contributed by atoms with Crippen molar-refractivity contribution >= 4 is 29.9 Å². The summed E-state index contributed by atoms with van der Waals surface area (Å²) in [6.45, 7) is 10.1. The lowest BCUT2D eigenvalue weighted by Crippen LogP contribution is -2.49. The van der Waals surface area contributed by atoms with Crippen molar-refractivity contribution in [2.24, 2.45) is 22.6 Å². The van der Waals surface area contributed by atoms with Gasteiger partial charge in [-0.25, -0.2) is 0 Å². The van der Waals surface area contributed by atoms with Gasteiger partial charge in [0, 0.05) is 32.7 Å². The van der Waals surface area contributed by atoms with Crippen molar-refractivity contribution in [1.82, 2.24) is 10.2 Å². The maximum absolute atomic E-state index is 5.90. The average molecular weight is 410 g/mol. The van der Waals surface area contributed by atoms with Gasteiger partial charge in [0.15, 0.2) is 5.96 Å². The molecule has 5 nitrogen and oxygen atoms in total. The van der Waals surface area contributed by atoms with Crippen LogP contribution < -0.4 is 11.1 Å². The standard InChI is InChI=1S/C15H30N4O.HI/c1-12(2)10-19-6-7-20-14(11-19)9-18-15(16)17-8-13-4-3-5-13;/h12-14H,3-11H2,1-2H3,(H3,16,17,18);1H. The maximum atomic E-state index is 5.90. The summed E-state index contributed by atoms with van der Waals surface area (Å²) >= 11 is 0. The van der Waals surface area contributed by atoms with Gasteiger partial charge in [-0.15, -0.1) is 24.0 Å². The minimum atomic E-state index is 0. The highest BCUT2D eigenvalue weighted by Gasteiger charge is 2.21. The van der Waals surface area contributed by atoms with Gasteiger partial charge in [-0.3, -0.25) is 9.89 Å². The summed E-state index contributed by atoms with van der Waals surface area (Å²) < 4.78 is 5.78. The first kappa shape index (κ1) is 19.0. The fourth-order valence-corrected chi connectivity index (χ4v) is 2.76. The van der Waals surface area contributed by atoms with Crippen LogP contribution in [0.4, 0.5) is 0 Å². The number of hydrogen-bond acceptors (Lipinski definition) is 3. The summed E-state index contributed by atoms with van der Waals surface area (Å²) in [6, 6.07) is 0. The van der Waals surface area contributed by atoms with Gasteiger partial charge in [-0.2, -0.15) is 0 Å². The molecule has 0 aromatic rings. The van der Waals surface area contributed by atoms with Gasteiger partial charge < -0.3 is 15.8 Å². The number of aliphatic imine (C=N–C) groups is 1. The molecule has 21 heavy (non-hydrogen) atoms. The number of nitrogens with zero attached hydrogens (tertiary/aromatic N) is 2. The first-order chi connectivity index (χ1) is 9.63. The van der Waals surface area contributed by atoms with E-state index in [-0.39, 0.29) is 30.1 Å². The van der Waals surface area contributed by atoms with Gasteiger partial charge in [0.2, 0.25) is 0 Å². The van der Waals surface area contributed by atoms with Gasteiger partial charge in [-0.05, 0) is 24.7 Å². The molecule has 1 unspecified atom stereocenters. The fraction of sp³-hybridized carbons (Fsp3) is 0.933. The molecule has 0 spiro atoms. The van der Waals surface area contributed by atoms with Gasteiger partial charge in [0.05, 0.1) is 12.7 Å². The molecule has 2 fully saturated rings. The first-order valence-corrected chi connectivity index (χ1v) is 8.01. The molecule has 0 amide bonds. The van der Waals surface area contributed by atoms with Crippen molar-refractivity contribution in [3.63, 3.8) is 0 Å². The molecular formula is C15H31IN4O. The van der Waals surface area contributed by atoms with E-state index in [2.05, 4.69) is 29.1 Å². The summed E-state index contributed by atoms with van der Waals surface area (Å²) in [4.78, 5) is 6.89. The Morgan fingerprint density at radius 3 is 2.81 bits per heavy atom. The zero-order valence-electron chi connectivity index (χ0n) is 13.4. The Hall–Kier alpha value is -0.0800. The lowest BCUT2D eigenvalue weighted by atomic mass is 9.86. The highest BCUT2D eigenvalue weighted by atomic mass is 127. The Labute approximate surface area is 146 Å². The molecule has 2 aliphatic rings. The summed E-state index contributed by atoms with van der Waals surface area (Å²) in [5, 5.41) is 3.21. The molecule has 6 heteroatoms. The molecule has 0 radical (unpaired) electrons. The predicted octanol–water partition coefficient (Wildman–Crippen LogP) is 1.67. The number of ether oxygens (including phenoxy) is 1. The molecule has 0 aromatic heterocycles. The summed E-state index contributed by atoms with van der Waals surface area (Å²) in [6.07, 6.45) is 4.20. The van der Waals surface area contributed by atoms with Crippen LogP contribution in [0.25, 0.3) is 0 Å². The van der Waals surface area contributed by atoms with E-state index in [1.54, 1.807) is 0 Å². The number of morpholine rings is 1. The molecule has 124 valence electrons. The van der Waals surface area contributed by atoms with Crippen LogP contribution in [0.5, 0.6) is 0 Å². The van der Waals surface area contributed by atoms with Crippen molar-refractivity contribution in [3.05, 3.63) is 0 Å². The quantitative estimate of drug-likeness (QED) is 0.397. The van der Waals surface area contributed by atoms with Gasteiger partial charge in [0.25, 0.3) is 0 Å². The van der Waals surface area contributed by atoms with Crippen LogP contribution in [0.1, 0.15) is 33.1 Å². The third-order valence-electron chi connectivity index (χ3n) is 4.10. The van der Waals surface area contributed by atoms with Gasteiger partial charge >= 0.3 is 0 Å². The lowest BCUT2D eigenvalue weighted by Gasteiger charge is -2.34. The molecule has 1 saturated heterocycles. The zero-order chi connectivity index (χ0) is 14.4. The topological polar surface area (TPSA) is 62.9 Å². The lowest BCUT2D eigenvalue weighted by molar-refractivity contribution is -0.0284. The van der Waals surface area contributed by atoms with Crippen LogP contribution in [-0.4, -0.2) is 56.3 Å². The monoisotopic (exact) mass is 410 g/mol. The van der Waals surface area contributed by atoms with Crippen molar-refractivity contribution in [3.8, 4) is 0 Å². The molecule has 1 heterocycles. The molecule has 0 bridgehead atoms. The van der Waals surface area contributed by atoms with Crippen molar-refractivity contribution < 1.29 is 4.74 Å². The molecule has 1 saturated carbocycles. The Morgan fingerprint density at radius 1 is 1.43 bits per heavy atom. The Morgan fingerprint density at radius 2 is 2.19 bits per heavy atom. The van der Waals surface area contributed by atoms with Crippen LogP contribution in [0.2, 0.25) is 0 Å². The molecule has 1 aliphatic heterocycles. The van der Waals surface area contributed by atoms with E-state index in [0.29, 0.717) is 11.9 Å². The van der Waals surface area contributed by atoms with E-state index < -0.39 is 0 Å². The zero-order valence-corrected chi connectivity index (χ0v) is 15.7. The third kappa shape index (κ3) is 7.15. The number of halogens is 1. The summed E-state index contributed by atoms with van der Waals surface area (Å²) in [5.74, 6) is 2.04. The second kappa shape index (κ2) is 9.84. The Balaban J connectivity index is 0.00000220. The van der Waals surface area contributed by atoms with Crippen LogP contribution in [0, 0.1) is 11.8 Å². The smallest absolute Gasteiger partial charge is 0.188 e. The number of rotatable bonds is 6. The van der Waals surface area contributed by atoms with Crippen LogP contribution in [0.3, 0.4) is 0 Å². The number of nitrogens with one attached hydrogen (secondary N) is 1. The van der Waals surface area contributed by atoms with E-state index in [1.165, 1.54) is 19.3 Å². The van der Waals surface area contributed by atoms with E-state index in [1.807, 2.05) is 0 Å². The number of nitrogens with two attached hydrogens (primary N) is 1. The van der Waals surface area contributed by atoms with Gasteiger partial charge in [0.1, 0.15) is 0 Å². The molecule has 2 rings (SSSR count). The third-order valence-corrected chi connectivity index (χ3v) is 4.10. The average Bonchev–Trinajstić information content (AvgIpc) is 2.34. The van der Waals surface area contributed by atoms with E-state index in [0.717, 1.165) is 45.2 Å². The van der Waals surface area contributed by atoms with Gasteiger partial charge in [-0.1, -0.05) is 20.3 Å². The summed E-state index contributed by atoms with van der Waals surface area (Å²) in [5.41, 5.74) is 5.90.